The Morgan fingerprint density at radius 2 is 1.45 bits per heavy atom. The van der Waals surface area contributed by atoms with Gasteiger partial charge in [-0.3, -0.25) is 33.6 Å². The summed E-state index contributed by atoms with van der Waals surface area (Å²) in [5.41, 5.74) is 7.04. The van der Waals surface area contributed by atoms with E-state index in [1.165, 1.54) is 24.0 Å². The number of primary amides is 1. The number of nitrogens with zero attached hydrogens (tertiary/aromatic N) is 3. The number of para-hydroxylation sites is 1. The number of nitrogens with two attached hydrogens (primary N) is 1. The number of alkyl carbamates (subject to hydrolysis) is 1. The van der Waals surface area contributed by atoms with Crippen LogP contribution in [-0.4, -0.2) is 154 Å². The molecule has 1 saturated heterocycles. The molecule has 0 spiro atoms. The quantitative estimate of drug-likeness (QED) is 0.0454. The van der Waals surface area contributed by atoms with E-state index >= 15 is 0 Å². The number of aromatic carboxylic acids is 1. The lowest BCUT2D eigenvalue weighted by atomic mass is 10.0. The monoisotopic (exact) mass is 1100 g/mol. The van der Waals surface area contributed by atoms with Crippen molar-refractivity contribution in [3.8, 4) is 0 Å². The summed E-state index contributed by atoms with van der Waals surface area (Å²) in [6.45, 7) is 10.5. The lowest BCUT2D eigenvalue weighted by molar-refractivity contribution is -0.141. The van der Waals surface area contributed by atoms with Crippen molar-refractivity contribution >= 4 is 86.8 Å². The number of likely N-dealkylation sites (N-methyl/N-ethyl adjacent to an activating group) is 1. The number of pyridine rings is 1. The second kappa shape index (κ2) is 28.4. The van der Waals surface area contributed by atoms with Crippen LogP contribution in [0.4, 0.5) is 14.9 Å². The number of halogens is 1. The summed E-state index contributed by atoms with van der Waals surface area (Å²) in [7, 11) is 2.02. The second-order valence-corrected chi connectivity index (χ2v) is 20.6. The number of thioether (sulfide) groups is 1. The predicted molar refractivity (Wildman–Crippen MR) is 294 cm³/mol. The van der Waals surface area contributed by atoms with Crippen LogP contribution in [0.1, 0.15) is 68.4 Å². The normalized spacial score (nSPS) is 14.2. The van der Waals surface area contributed by atoms with Gasteiger partial charge in [0.05, 0.1) is 17.6 Å². The number of carbonyl (C=O) groups excluding carboxylic acids is 6. The Morgan fingerprint density at radius 3 is 2.08 bits per heavy atom. The van der Waals surface area contributed by atoms with Gasteiger partial charge in [-0.05, 0) is 82.5 Å². The van der Waals surface area contributed by atoms with Crippen LogP contribution in [0.25, 0.3) is 21.8 Å². The molecule has 1 fully saturated rings. The lowest BCUT2D eigenvalue weighted by Crippen LogP contribution is -2.59. The van der Waals surface area contributed by atoms with Gasteiger partial charge in [0.25, 0.3) is 0 Å². The van der Waals surface area contributed by atoms with Gasteiger partial charge in [-0.2, -0.15) is 11.8 Å². The molecule has 78 heavy (non-hydrogen) atoms. The van der Waals surface area contributed by atoms with Crippen LogP contribution in [0.2, 0.25) is 0 Å². The van der Waals surface area contributed by atoms with Crippen molar-refractivity contribution in [1.29, 1.82) is 0 Å². The molecule has 22 nitrogen and oxygen atoms in total. The van der Waals surface area contributed by atoms with Gasteiger partial charge >= 0.3 is 18.0 Å². The third kappa shape index (κ3) is 17.8. The number of benzene rings is 3. The summed E-state index contributed by atoms with van der Waals surface area (Å²) in [6.07, 6.45) is 3.27. The van der Waals surface area contributed by atoms with Crippen LogP contribution in [-0.2, 0) is 52.9 Å². The van der Waals surface area contributed by atoms with E-state index in [1.54, 1.807) is 74.2 Å². The minimum atomic E-state index is -1.62. The van der Waals surface area contributed by atoms with E-state index in [0.717, 1.165) is 24.0 Å². The van der Waals surface area contributed by atoms with Gasteiger partial charge in [-0.15, -0.1) is 0 Å². The third-order valence-corrected chi connectivity index (χ3v) is 13.2. The van der Waals surface area contributed by atoms with Gasteiger partial charge < -0.3 is 66.6 Å². The fourth-order valence-corrected chi connectivity index (χ4v) is 8.94. The number of aromatic nitrogens is 2. The molecule has 0 bridgehead atoms. The standard InChI is InChI=1S/C37H49N7O9S.C17H20FN3O3/c1-37(2,3)53-36(52)39-16-14-30(45)41-28(19-23-21-40-25-13-9-8-12-24(23)25)34(50)42-26(15-17-54-4)33(49)44-29(20-31(46)47)35(51)43-27(32(38)48)18-22-10-6-5-7-11-22;1-3-20-10-12(17(23)24)16(22)11-8-13(18)15(9-14(11)20)21-6-4-19(2)5-7-21/h5-13,21,26-29,40H,14-20H2,1-4H3,(H2,38,48)(H,39,52)(H,41,45)(H,42,50)(H,43,51)(H,44,49)(H,46,47);8-10H,3-7H2,1-2H3,(H,23,24)/t26-,27-,28-,29-;/m0./s1. The number of rotatable bonds is 23. The molecule has 5 aromatic rings. The van der Waals surface area contributed by atoms with Crippen LogP contribution in [0.5, 0.6) is 0 Å². The number of nitrogens with one attached hydrogen (secondary N) is 6. The first kappa shape index (κ1) is 60.9. The number of carboxylic acids is 2. The van der Waals surface area contributed by atoms with E-state index < -0.39 is 95.0 Å². The highest BCUT2D eigenvalue weighted by molar-refractivity contribution is 7.98. The number of aliphatic carboxylic acids is 1. The average molecular weight is 1100 g/mol. The van der Waals surface area contributed by atoms with Gasteiger partial charge in [-0.1, -0.05) is 48.5 Å². The second-order valence-electron chi connectivity index (χ2n) is 19.6. The Balaban J connectivity index is 0.000000385. The van der Waals surface area contributed by atoms with E-state index in [2.05, 4.69) is 36.5 Å². The van der Waals surface area contributed by atoms with Gasteiger partial charge in [0, 0.05) is 87.2 Å². The smallest absolute Gasteiger partial charge is 0.407 e. The molecule has 3 heterocycles. The highest BCUT2D eigenvalue weighted by atomic mass is 32.2. The number of aromatic amines is 1. The summed E-state index contributed by atoms with van der Waals surface area (Å²) < 4.78 is 21.5. The molecular formula is C54H69FN10O12S. The van der Waals surface area contributed by atoms with Crippen molar-refractivity contribution in [2.24, 2.45) is 5.73 Å². The van der Waals surface area contributed by atoms with Crippen molar-refractivity contribution in [1.82, 2.24) is 41.0 Å². The zero-order chi connectivity index (χ0) is 57.3. The zero-order valence-corrected chi connectivity index (χ0v) is 45.3. The maximum atomic E-state index is 14.6. The Bertz CT molecular complexity index is 3010. The van der Waals surface area contributed by atoms with Crippen LogP contribution >= 0.6 is 11.8 Å². The molecule has 420 valence electrons. The molecule has 24 heteroatoms. The number of carboxylic acid groups (broad SMARTS) is 2. The van der Waals surface area contributed by atoms with Crippen LogP contribution in [0.15, 0.2) is 83.9 Å². The molecule has 1 aliphatic heterocycles. The Hall–Kier alpha value is -7.99. The Labute approximate surface area is 454 Å². The molecule has 1 aliphatic rings. The first-order valence-electron chi connectivity index (χ1n) is 25.3. The first-order valence-corrected chi connectivity index (χ1v) is 26.7. The molecule has 4 atom stereocenters. The predicted octanol–water partition coefficient (Wildman–Crippen LogP) is 3.13. The number of piperazine rings is 1. The van der Waals surface area contributed by atoms with Gasteiger partial charge in [0.15, 0.2) is 0 Å². The lowest BCUT2D eigenvalue weighted by Gasteiger charge is -2.34. The SMILES string of the molecule is CCn1cc(C(=O)O)c(=O)c2cc(F)c(N3CCN(C)CC3)cc21.CSCC[C@H](NC(=O)[C@H](Cc1c[nH]c2ccccc12)NC(=O)CCNC(=O)OC(C)(C)C)C(=O)N[C@@H](CC(=O)O)C(=O)N[C@@H](Cc1ccccc1)C(N)=O. The van der Waals surface area contributed by atoms with Gasteiger partial charge in [-0.25, -0.2) is 14.0 Å². The number of carbonyl (C=O) groups is 8. The number of hydrogen-bond donors (Lipinski definition) is 9. The van der Waals surface area contributed by atoms with Crippen LogP contribution < -0.4 is 42.6 Å². The minimum absolute atomic E-state index is 0.0257. The number of amides is 6. The molecule has 0 aliphatic carbocycles. The highest BCUT2D eigenvalue weighted by Crippen LogP contribution is 2.26. The Morgan fingerprint density at radius 1 is 0.821 bits per heavy atom. The van der Waals surface area contributed by atoms with Crippen molar-refractivity contribution < 1.29 is 57.7 Å². The summed E-state index contributed by atoms with van der Waals surface area (Å²) in [5.74, 6) is -6.74. The molecule has 6 amide bonds. The fraction of sp³-hybridized carbons (Fsp3) is 0.426. The Kier molecular flexibility index (Phi) is 22.2. The minimum Gasteiger partial charge on any atom is -0.481 e. The molecule has 0 radical (unpaired) electrons. The molecule has 3 aromatic carbocycles. The topological polar surface area (TPSA) is 317 Å². The van der Waals surface area contributed by atoms with E-state index in [0.29, 0.717) is 47.7 Å². The van der Waals surface area contributed by atoms with Crippen molar-refractivity contribution in [2.45, 2.75) is 96.1 Å². The summed E-state index contributed by atoms with van der Waals surface area (Å²) in [6, 6.07) is 13.7. The average Bonchev–Trinajstić information content (AvgIpc) is 3.84. The number of ether oxygens (including phenoxy) is 1. The maximum Gasteiger partial charge on any atom is 0.407 e. The third-order valence-electron chi connectivity index (χ3n) is 12.5. The van der Waals surface area contributed by atoms with Crippen molar-refractivity contribution in [2.75, 3.05) is 56.7 Å². The van der Waals surface area contributed by atoms with E-state index in [4.69, 9.17) is 10.5 Å². The fourth-order valence-electron chi connectivity index (χ4n) is 8.47. The molecule has 2 aromatic heterocycles. The number of fused-ring (bicyclic) bond motifs is 2. The van der Waals surface area contributed by atoms with Crippen LogP contribution in [0, 0.1) is 5.82 Å². The zero-order valence-electron chi connectivity index (χ0n) is 44.5. The van der Waals surface area contributed by atoms with Crippen molar-refractivity contribution in [3.05, 3.63) is 112 Å². The van der Waals surface area contributed by atoms with Gasteiger partial charge in [0.1, 0.15) is 41.1 Å². The summed E-state index contributed by atoms with van der Waals surface area (Å²) in [4.78, 5) is 121. The highest BCUT2D eigenvalue weighted by Gasteiger charge is 2.33. The van der Waals surface area contributed by atoms with E-state index in [-0.39, 0.29) is 43.2 Å². The molecule has 0 unspecified atom stereocenters. The van der Waals surface area contributed by atoms with E-state index in [1.807, 2.05) is 43.1 Å². The van der Waals surface area contributed by atoms with Crippen molar-refractivity contribution in [3.63, 3.8) is 0 Å². The van der Waals surface area contributed by atoms with Crippen LogP contribution in [0.3, 0.4) is 0 Å². The molecular weight excluding hydrogens is 1030 g/mol. The number of H-pyrrole nitrogens is 1. The molecule has 10 N–H and O–H groups in total. The first-order chi connectivity index (χ1) is 37.0. The van der Waals surface area contributed by atoms with E-state index in [9.17, 15) is 57.8 Å². The summed E-state index contributed by atoms with van der Waals surface area (Å²) in [5, 5.41) is 32.4. The number of anilines is 1. The number of aryl methyl sites for hydroxylation is 1. The molecule has 0 saturated carbocycles. The maximum absolute atomic E-state index is 14.6. The summed E-state index contributed by atoms with van der Waals surface area (Å²) >= 11 is 1.39. The molecule has 6 rings (SSSR count). The number of hydrogen-bond acceptors (Lipinski definition) is 13. The van der Waals surface area contributed by atoms with Gasteiger partial charge in [0.2, 0.25) is 35.0 Å². The largest absolute Gasteiger partial charge is 0.481 e.